The second-order valence-electron chi connectivity index (χ2n) is 4.47. The van der Waals surface area contributed by atoms with Crippen molar-refractivity contribution in [1.29, 1.82) is 0 Å². The summed E-state index contributed by atoms with van der Waals surface area (Å²) in [7, 11) is 1.48. The minimum Gasteiger partial charge on any atom is -0.383 e. The first kappa shape index (κ1) is 15.6. The van der Waals surface area contributed by atoms with Crippen molar-refractivity contribution in [2.45, 2.75) is 0 Å². The predicted molar refractivity (Wildman–Crippen MR) is 76.6 cm³/mol. The van der Waals surface area contributed by atoms with Crippen LogP contribution in [0.5, 0.6) is 0 Å². The van der Waals surface area contributed by atoms with Gasteiger partial charge in [-0.25, -0.2) is 24.0 Å². The fourth-order valence-electron chi connectivity index (χ4n) is 1.89. The highest BCUT2D eigenvalue weighted by Crippen LogP contribution is 2.25. The van der Waals surface area contributed by atoms with Gasteiger partial charge < -0.3 is 11.6 Å². The first-order chi connectivity index (χ1) is 10.3. The zero-order valence-electron chi connectivity index (χ0n) is 11.5. The Bertz CT molecular complexity index is 722. The van der Waals surface area contributed by atoms with Crippen LogP contribution in [0.15, 0.2) is 29.5 Å². The zero-order valence-corrected chi connectivity index (χ0v) is 11.5. The molecule has 9 heteroatoms. The lowest BCUT2D eigenvalue weighted by Crippen LogP contribution is -2.35. The summed E-state index contributed by atoms with van der Waals surface area (Å²) in [5.41, 5.74) is 6.38. The van der Waals surface area contributed by atoms with Gasteiger partial charge in [0, 0.05) is 18.8 Å². The van der Waals surface area contributed by atoms with Gasteiger partial charge in [-0.1, -0.05) is 0 Å². The van der Waals surface area contributed by atoms with Gasteiger partial charge in [-0.3, -0.25) is 5.01 Å². The molecule has 22 heavy (non-hydrogen) atoms. The normalized spacial score (nSPS) is 11.6. The minimum absolute atomic E-state index is 0.0771. The number of hydrogen-bond acceptors (Lipinski definition) is 5. The molecule has 0 unspecified atom stereocenters. The molecule has 0 saturated carbocycles. The van der Waals surface area contributed by atoms with Crippen LogP contribution in [0.4, 0.5) is 19.0 Å². The number of pyridine rings is 1. The number of anilines is 1. The lowest BCUT2D eigenvalue weighted by molar-refractivity contribution is 0.447. The van der Waals surface area contributed by atoms with Crippen LogP contribution in [0.2, 0.25) is 0 Å². The monoisotopic (exact) mass is 310 g/mol. The number of aromatic nitrogens is 1. The third kappa shape index (κ3) is 2.79. The van der Waals surface area contributed by atoms with Crippen molar-refractivity contribution in [3.8, 4) is 11.1 Å². The summed E-state index contributed by atoms with van der Waals surface area (Å²) in [4.78, 5) is 3.91. The second kappa shape index (κ2) is 5.90. The topological polar surface area (TPSA) is 107 Å². The molecule has 1 aromatic carbocycles. The van der Waals surface area contributed by atoms with E-state index in [-0.39, 0.29) is 22.8 Å². The smallest absolute Gasteiger partial charge is 0.194 e. The van der Waals surface area contributed by atoms with E-state index in [1.165, 1.54) is 19.3 Å². The molecule has 0 spiro atoms. The van der Waals surface area contributed by atoms with Crippen LogP contribution < -0.4 is 17.4 Å². The molecule has 0 amide bonds. The van der Waals surface area contributed by atoms with Crippen molar-refractivity contribution in [1.82, 2.24) is 9.99 Å². The summed E-state index contributed by atoms with van der Waals surface area (Å²) in [6.07, 6.45) is 1.29. The van der Waals surface area contributed by atoms with E-state index in [2.05, 4.69) is 10.1 Å². The number of hydrazine groups is 1. The molecule has 2 aromatic rings. The van der Waals surface area contributed by atoms with E-state index in [0.717, 1.165) is 17.1 Å². The number of rotatable bonds is 2. The first-order valence-corrected chi connectivity index (χ1v) is 6.02. The summed E-state index contributed by atoms with van der Waals surface area (Å²) < 4.78 is 39.7. The van der Waals surface area contributed by atoms with Gasteiger partial charge in [-0.2, -0.15) is 5.10 Å². The Labute approximate surface area is 124 Å². The molecule has 6 N–H and O–H groups in total. The van der Waals surface area contributed by atoms with E-state index in [0.29, 0.717) is 5.56 Å². The Morgan fingerprint density at radius 2 is 1.73 bits per heavy atom. The lowest BCUT2D eigenvalue weighted by atomic mass is 10.0. The molecule has 0 fully saturated rings. The van der Waals surface area contributed by atoms with Crippen molar-refractivity contribution >= 4 is 11.7 Å². The fourth-order valence-corrected chi connectivity index (χ4v) is 1.89. The quantitative estimate of drug-likeness (QED) is 0.254. The van der Waals surface area contributed by atoms with E-state index in [4.69, 9.17) is 17.4 Å². The van der Waals surface area contributed by atoms with Crippen molar-refractivity contribution < 1.29 is 13.2 Å². The number of halogens is 3. The van der Waals surface area contributed by atoms with Crippen LogP contribution in [-0.4, -0.2) is 22.9 Å². The third-order valence-corrected chi connectivity index (χ3v) is 2.93. The second-order valence-corrected chi connectivity index (χ2v) is 4.47. The van der Waals surface area contributed by atoms with Gasteiger partial charge in [-0.05, 0) is 23.8 Å². The number of hydrogen-bond donors (Lipinski definition) is 3. The highest BCUT2D eigenvalue weighted by atomic mass is 19.2. The summed E-state index contributed by atoms with van der Waals surface area (Å²) in [6.45, 7) is 0. The number of amidine groups is 1. The Morgan fingerprint density at radius 1 is 1.14 bits per heavy atom. The maximum Gasteiger partial charge on any atom is 0.194 e. The summed E-state index contributed by atoms with van der Waals surface area (Å²) in [6, 6.07) is 3.14. The van der Waals surface area contributed by atoms with Gasteiger partial charge in [-0.15, -0.1) is 0 Å². The van der Waals surface area contributed by atoms with Gasteiger partial charge in [0.05, 0.1) is 5.56 Å². The molecule has 0 aliphatic heterocycles. The van der Waals surface area contributed by atoms with Crippen LogP contribution >= 0.6 is 0 Å². The molecule has 116 valence electrons. The summed E-state index contributed by atoms with van der Waals surface area (Å²) in [5, 5.41) is 4.61. The summed E-state index contributed by atoms with van der Waals surface area (Å²) in [5.74, 6) is 6.86. The number of nitrogen functional groups attached to an aromatic ring is 1. The van der Waals surface area contributed by atoms with Crippen molar-refractivity contribution in [3.63, 3.8) is 0 Å². The Morgan fingerprint density at radius 3 is 2.23 bits per heavy atom. The van der Waals surface area contributed by atoms with Crippen LogP contribution in [0, 0.1) is 17.5 Å². The van der Waals surface area contributed by atoms with Crippen LogP contribution in [-0.2, 0) is 0 Å². The molecule has 2 rings (SSSR count). The van der Waals surface area contributed by atoms with Gasteiger partial charge in [0.2, 0.25) is 0 Å². The van der Waals surface area contributed by atoms with Crippen LogP contribution in [0.3, 0.4) is 0 Å². The number of hydrazone groups is 1. The first-order valence-electron chi connectivity index (χ1n) is 6.02. The molecule has 0 saturated heterocycles. The standard InChI is InChI=1S/C13H13F3N6/c1-22(19)13(21-18)8-2-7(5-20-12(8)17)6-3-9(14)11(16)10(15)4-6/h2-5H,18-19H2,1H3,(H2,17,20)/b21-13-. The average molecular weight is 310 g/mol. The SMILES string of the molecule is CN(N)/C(=N\N)c1cc(-c2cc(F)c(F)c(F)c2)cnc1N. The van der Waals surface area contributed by atoms with Crippen molar-refractivity contribution in [2.24, 2.45) is 16.8 Å². The van der Waals surface area contributed by atoms with E-state index in [1.54, 1.807) is 0 Å². The van der Waals surface area contributed by atoms with Gasteiger partial charge in [0.15, 0.2) is 23.3 Å². The van der Waals surface area contributed by atoms with Crippen LogP contribution in [0.25, 0.3) is 11.1 Å². The highest BCUT2D eigenvalue weighted by Gasteiger charge is 2.16. The third-order valence-electron chi connectivity index (χ3n) is 2.93. The Kier molecular flexibility index (Phi) is 4.18. The Hall–Kier alpha value is -2.81. The molecule has 0 atom stereocenters. The van der Waals surface area contributed by atoms with E-state index in [1.807, 2.05) is 0 Å². The molecule has 1 aromatic heterocycles. The highest BCUT2D eigenvalue weighted by molar-refractivity contribution is 6.02. The van der Waals surface area contributed by atoms with E-state index in [9.17, 15) is 13.2 Å². The molecule has 1 heterocycles. The molecule has 0 radical (unpaired) electrons. The average Bonchev–Trinajstić information content (AvgIpc) is 2.46. The molecular weight excluding hydrogens is 297 g/mol. The maximum absolute atomic E-state index is 13.3. The van der Waals surface area contributed by atoms with Crippen LogP contribution in [0.1, 0.15) is 5.56 Å². The number of nitrogens with two attached hydrogens (primary N) is 3. The van der Waals surface area contributed by atoms with Gasteiger partial charge in [0.25, 0.3) is 0 Å². The largest absolute Gasteiger partial charge is 0.383 e. The van der Waals surface area contributed by atoms with Crippen molar-refractivity contribution in [3.05, 3.63) is 47.4 Å². The number of nitrogens with zero attached hydrogens (tertiary/aromatic N) is 3. The van der Waals surface area contributed by atoms with E-state index >= 15 is 0 Å². The maximum atomic E-state index is 13.3. The fraction of sp³-hybridized carbons (Fsp3) is 0.0769. The Balaban J connectivity index is 2.59. The molecule has 0 bridgehead atoms. The molecule has 0 aliphatic rings. The van der Waals surface area contributed by atoms with E-state index < -0.39 is 17.5 Å². The molecule has 0 aliphatic carbocycles. The lowest BCUT2D eigenvalue weighted by Gasteiger charge is -2.16. The number of benzene rings is 1. The zero-order chi connectivity index (χ0) is 16.4. The molecule has 6 nitrogen and oxygen atoms in total. The van der Waals surface area contributed by atoms with Crippen molar-refractivity contribution in [2.75, 3.05) is 12.8 Å². The predicted octanol–water partition coefficient (Wildman–Crippen LogP) is 1.17. The minimum atomic E-state index is -1.54. The van der Waals surface area contributed by atoms with Gasteiger partial charge in [0.1, 0.15) is 5.82 Å². The summed E-state index contributed by atoms with van der Waals surface area (Å²) >= 11 is 0. The molecular formula is C13H13F3N6. The van der Waals surface area contributed by atoms with Gasteiger partial charge >= 0.3 is 0 Å².